The quantitative estimate of drug-likeness (QED) is 0.806. The smallest absolute Gasteiger partial charge is 0.342 e. The molecule has 0 aliphatic heterocycles. The zero-order valence-electron chi connectivity index (χ0n) is 10.0. The van der Waals surface area contributed by atoms with Crippen LogP contribution in [0, 0.1) is 0 Å². The summed E-state index contributed by atoms with van der Waals surface area (Å²) in [6, 6.07) is 5.35. The minimum absolute atomic E-state index is 0.264. The van der Waals surface area contributed by atoms with E-state index in [0.29, 0.717) is 24.2 Å². The molecule has 0 saturated carbocycles. The van der Waals surface area contributed by atoms with Gasteiger partial charge in [0.15, 0.2) is 5.60 Å². The van der Waals surface area contributed by atoms with E-state index in [9.17, 15) is 9.90 Å². The molecule has 1 aliphatic rings. The van der Waals surface area contributed by atoms with E-state index >= 15 is 0 Å². The first-order valence-electron chi connectivity index (χ1n) is 5.69. The monoisotopic (exact) mass is 236 g/mol. The third-order valence-electron chi connectivity index (χ3n) is 3.15. The zero-order valence-corrected chi connectivity index (χ0v) is 10.0. The van der Waals surface area contributed by atoms with Crippen molar-refractivity contribution in [2.45, 2.75) is 25.4 Å². The average molecular weight is 236 g/mol. The van der Waals surface area contributed by atoms with Crippen molar-refractivity contribution in [3.05, 3.63) is 29.3 Å². The number of aliphatic hydroxyl groups is 1. The summed E-state index contributed by atoms with van der Waals surface area (Å²) in [6.45, 7) is 1.99. The fraction of sp³-hybridized carbons (Fsp3) is 0.462. The summed E-state index contributed by atoms with van der Waals surface area (Å²) < 4.78 is 10.2. The van der Waals surface area contributed by atoms with E-state index in [1.54, 1.807) is 26.2 Å². The number of fused-ring (bicyclic) bond motifs is 1. The first kappa shape index (κ1) is 11.9. The van der Waals surface area contributed by atoms with Gasteiger partial charge in [-0.25, -0.2) is 4.79 Å². The normalized spacial score (nSPS) is 22.1. The second kappa shape index (κ2) is 4.37. The van der Waals surface area contributed by atoms with Gasteiger partial charge in [-0.3, -0.25) is 0 Å². The minimum Gasteiger partial charge on any atom is -0.496 e. The zero-order chi connectivity index (χ0) is 12.5. The van der Waals surface area contributed by atoms with Crippen LogP contribution < -0.4 is 4.74 Å². The highest BCUT2D eigenvalue weighted by Gasteiger charge is 2.45. The molecule has 4 heteroatoms. The van der Waals surface area contributed by atoms with Crippen molar-refractivity contribution in [3.8, 4) is 5.75 Å². The van der Waals surface area contributed by atoms with Gasteiger partial charge in [-0.05, 0) is 25.8 Å². The van der Waals surface area contributed by atoms with Gasteiger partial charge >= 0.3 is 5.97 Å². The molecule has 1 unspecified atom stereocenters. The van der Waals surface area contributed by atoms with Crippen LogP contribution in [0.2, 0.25) is 0 Å². The maximum atomic E-state index is 11.8. The highest BCUT2D eigenvalue weighted by Crippen LogP contribution is 2.41. The molecule has 2 rings (SSSR count). The molecule has 0 bridgehead atoms. The lowest BCUT2D eigenvalue weighted by molar-refractivity contribution is -0.166. The highest BCUT2D eigenvalue weighted by molar-refractivity contribution is 5.83. The fourth-order valence-corrected chi connectivity index (χ4v) is 2.31. The van der Waals surface area contributed by atoms with Gasteiger partial charge < -0.3 is 14.6 Å². The summed E-state index contributed by atoms with van der Waals surface area (Å²) in [7, 11) is 1.58. The Bertz CT molecular complexity index is 441. The number of hydrogen-bond donors (Lipinski definition) is 1. The second-order valence-electron chi connectivity index (χ2n) is 4.07. The van der Waals surface area contributed by atoms with E-state index in [1.165, 1.54) is 0 Å². The van der Waals surface area contributed by atoms with E-state index in [-0.39, 0.29) is 6.61 Å². The molecule has 0 fully saturated rings. The number of rotatable bonds is 3. The van der Waals surface area contributed by atoms with E-state index < -0.39 is 11.6 Å². The molecule has 1 aromatic rings. The van der Waals surface area contributed by atoms with Gasteiger partial charge in [0.05, 0.1) is 13.7 Å². The lowest BCUT2D eigenvalue weighted by Gasteiger charge is -2.21. The molecular weight excluding hydrogens is 220 g/mol. The van der Waals surface area contributed by atoms with E-state index in [1.807, 2.05) is 6.07 Å². The van der Waals surface area contributed by atoms with Gasteiger partial charge in [0, 0.05) is 11.1 Å². The van der Waals surface area contributed by atoms with Crippen molar-refractivity contribution in [1.29, 1.82) is 0 Å². The predicted molar refractivity (Wildman–Crippen MR) is 61.8 cm³/mol. The van der Waals surface area contributed by atoms with Crippen LogP contribution in [0.4, 0.5) is 0 Å². The van der Waals surface area contributed by atoms with Crippen molar-refractivity contribution in [1.82, 2.24) is 0 Å². The number of methoxy groups -OCH3 is 1. The van der Waals surface area contributed by atoms with Gasteiger partial charge in [-0.1, -0.05) is 12.1 Å². The Hall–Kier alpha value is -1.55. The van der Waals surface area contributed by atoms with Crippen LogP contribution in [0.1, 0.15) is 24.5 Å². The van der Waals surface area contributed by atoms with Crippen LogP contribution in [0.15, 0.2) is 18.2 Å². The molecular formula is C13H16O4. The largest absolute Gasteiger partial charge is 0.496 e. The van der Waals surface area contributed by atoms with Crippen LogP contribution in [0.5, 0.6) is 5.75 Å². The lowest BCUT2D eigenvalue weighted by atomic mass is 9.96. The maximum absolute atomic E-state index is 11.8. The van der Waals surface area contributed by atoms with Gasteiger partial charge in [-0.2, -0.15) is 0 Å². The number of hydrogen-bond acceptors (Lipinski definition) is 4. The molecule has 0 spiro atoms. The van der Waals surface area contributed by atoms with Crippen LogP contribution in [-0.4, -0.2) is 24.8 Å². The van der Waals surface area contributed by atoms with Crippen molar-refractivity contribution >= 4 is 5.97 Å². The van der Waals surface area contributed by atoms with Crippen LogP contribution in [0.3, 0.4) is 0 Å². The molecule has 0 radical (unpaired) electrons. The molecule has 0 heterocycles. The van der Waals surface area contributed by atoms with E-state index in [4.69, 9.17) is 9.47 Å². The number of carbonyl (C=O) groups excluding carboxylic acids is 1. The lowest BCUT2D eigenvalue weighted by Crippen LogP contribution is -2.35. The van der Waals surface area contributed by atoms with E-state index in [2.05, 4.69) is 0 Å². The maximum Gasteiger partial charge on any atom is 0.342 e. The summed E-state index contributed by atoms with van der Waals surface area (Å²) in [4.78, 5) is 11.8. The van der Waals surface area contributed by atoms with Crippen molar-refractivity contribution in [2.24, 2.45) is 0 Å². The molecule has 1 atom stereocenters. The number of esters is 1. The molecule has 92 valence electrons. The fourth-order valence-electron chi connectivity index (χ4n) is 2.31. The van der Waals surface area contributed by atoms with E-state index in [0.717, 1.165) is 5.56 Å². The Morgan fingerprint density at radius 1 is 1.53 bits per heavy atom. The standard InChI is InChI=1S/C13H16O4/c1-3-17-12(14)13(15)8-7-9-10(13)5-4-6-11(9)16-2/h4-6,15H,3,7-8H2,1-2H3. The topological polar surface area (TPSA) is 55.8 Å². The van der Waals surface area contributed by atoms with Crippen molar-refractivity contribution in [3.63, 3.8) is 0 Å². The van der Waals surface area contributed by atoms with Gasteiger partial charge in [0.1, 0.15) is 5.75 Å². The van der Waals surface area contributed by atoms with Crippen molar-refractivity contribution in [2.75, 3.05) is 13.7 Å². The molecule has 0 saturated heterocycles. The molecule has 1 aromatic carbocycles. The molecule has 0 aromatic heterocycles. The SMILES string of the molecule is CCOC(=O)C1(O)CCc2c(OC)cccc21. The second-order valence-corrected chi connectivity index (χ2v) is 4.07. The average Bonchev–Trinajstić information content (AvgIpc) is 2.69. The number of benzene rings is 1. The van der Waals surface area contributed by atoms with Gasteiger partial charge in [0.25, 0.3) is 0 Å². The van der Waals surface area contributed by atoms with Crippen LogP contribution in [-0.2, 0) is 21.6 Å². The minimum atomic E-state index is -1.51. The first-order valence-corrected chi connectivity index (χ1v) is 5.69. The predicted octanol–water partition coefficient (Wildman–Crippen LogP) is 1.39. The summed E-state index contributed by atoms with van der Waals surface area (Å²) in [5.41, 5.74) is -0.0132. The Morgan fingerprint density at radius 2 is 2.29 bits per heavy atom. The van der Waals surface area contributed by atoms with Crippen molar-refractivity contribution < 1.29 is 19.4 Å². The van der Waals surface area contributed by atoms with Crippen LogP contribution >= 0.6 is 0 Å². The first-order chi connectivity index (χ1) is 8.13. The summed E-state index contributed by atoms with van der Waals surface area (Å²) >= 11 is 0. The molecule has 1 N–H and O–H groups in total. The highest BCUT2D eigenvalue weighted by atomic mass is 16.5. The number of ether oxygens (including phenoxy) is 2. The molecule has 0 amide bonds. The molecule has 17 heavy (non-hydrogen) atoms. The summed E-state index contributed by atoms with van der Waals surface area (Å²) in [6.07, 6.45) is 0.968. The molecule has 4 nitrogen and oxygen atoms in total. The summed E-state index contributed by atoms with van der Waals surface area (Å²) in [5, 5.41) is 10.4. The van der Waals surface area contributed by atoms with Gasteiger partial charge in [-0.15, -0.1) is 0 Å². The van der Waals surface area contributed by atoms with Crippen LogP contribution in [0.25, 0.3) is 0 Å². The Kier molecular flexibility index (Phi) is 3.07. The number of carbonyl (C=O) groups is 1. The Labute approximate surface area is 100 Å². The summed E-state index contributed by atoms with van der Waals surface area (Å²) in [5.74, 6) is 0.134. The third-order valence-corrected chi connectivity index (χ3v) is 3.15. The Balaban J connectivity index is 2.42. The van der Waals surface area contributed by atoms with Gasteiger partial charge in [0.2, 0.25) is 0 Å². The molecule has 1 aliphatic carbocycles. The Morgan fingerprint density at radius 3 is 2.94 bits per heavy atom. The third kappa shape index (κ3) is 1.78.